The summed E-state index contributed by atoms with van der Waals surface area (Å²) in [5.74, 6) is 0.669. The molecular weight excluding hydrogens is 270 g/mol. The largest absolute Gasteiger partial charge is 0.392 e. The van der Waals surface area contributed by atoms with Crippen LogP contribution in [0.4, 0.5) is 0 Å². The molecule has 2 heteroatoms. The van der Waals surface area contributed by atoms with E-state index in [2.05, 4.69) is 66.0 Å². The lowest BCUT2D eigenvalue weighted by molar-refractivity contribution is -0.0517. The highest BCUT2D eigenvalue weighted by Crippen LogP contribution is 2.47. The van der Waals surface area contributed by atoms with Gasteiger partial charge in [-0.2, -0.15) is 0 Å². The van der Waals surface area contributed by atoms with Gasteiger partial charge >= 0.3 is 0 Å². The molecule has 5 atom stereocenters. The Morgan fingerprint density at radius 1 is 0.727 bits per heavy atom. The second-order valence-corrected chi connectivity index (χ2v) is 6.69. The lowest BCUT2D eigenvalue weighted by atomic mass is 9.66. The SMILES string of the molecule is OC1[C@H]2CCC[C@H]1[C@H](c1ccccc1)N[C@@H]2c1ccccc1. The second-order valence-electron chi connectivity index (χ2n) is 6.69. The predicted octanol–water partition coefficient (Wildman–Crippen LogP) is 3.85. The van der Waals surface area contributed by atoms with E-state index >= 15 is 0 Å². The molecule has 2 N–H and O–H groups in total. The monoisotopic (exact) mass is 293 g/mol. The molecule has 1 saturated carbocycles. The first-order valence-electron chi connectivity index (χ1n) is 8.38. The molecule has 4 rings (SSSR count). The van der Waals surface area contributed by atoms with Gasteiger partial charge in [-0.3, -0.25) is 0 Å². The minimum absolute atomic E-state index is 0.203. The topological polar surface area (TPSA) is 32.3 Å². The maximum atomic E-state index is 10.9. The zero-order chi connectivity index (χ0) is 14.9. The van der Waals surface area contributed by atoms with Gasteiger partial charge in [-0.15, -0.1) is 0 Å². The van der Waals surface area contributed by atoms with Crippen molar-refractivity contribution in [3.8, 4) is 0 Å². The lowest BCUT2D eigenvalue weighted by Gasteiger charge is -2.50. The Labute approximate surface area is 132 Å². The van der Waals surface area contributed by atoms with Crippen molar-refractivity contribution in [1.82, 2.24) is 5.32 Å². The van der Waals surface area contributed by atoms with E-state index in [4.69, 9.17) is 0 Å². The zero-order valence-corrected chi connectivity index (χ0v) is 12.7. The number of piperidine rings is 1. The zero-order valence-electron chi connectivity index (χ0n) is 12.7. The number of aliphatic hydroxyl groups excluding tert-OH is 1. The molecule has 0 aromatic heterocycles. The van der Waals surface area contributed by atoms with E-state index in [0.717, 1.165) is 12.8 Å². The first-order chi connectivity index (χ1) is 10.8. The average Bonchev–Trinajstić information content (AvgIpc) is 2.57. The van der Waals surface area contributed by atoms with Gasteiger partial charge in [0.1, 0.15) is 0 Å². The van der Waals surface area contributed by atoms with Crippen LogP contribution in [-0.4, -0.2) is 11.2 Å². The van der Waals surface area contributed by atoms with Crippen LogP contribution in [0.3, 0.4) is 0 Å². The van der Waals surface area contributed by atoms with Crippen molar-refractivity contribution in [1.29, 1.82) is 0 Å². The van der Waals surface area contributed by atoms with Crippen molar-refractivity contribution in [3.05, 3.63) is 71.8 Å². The Balaban J connectivity index is 1.71. The van der Waals surface area contributed by atoms with Crippen LogP contribution in [0.15, 0.2) is 60.7 Å². The van der Waals surface area contributed by atoms with Crippen molar-refractivity contribution in [2.24, 2.45) is 11.8 Å². The van der Waals surface area contributed by atoms with Crippen molar-refractivity contribution < 1.29 is 5.11 Å². The summed E-state index contributed by atoms with van der Waals surface area (Å²) in [5.41, 5.74) is 2.60. The summed E-state index contributed by atoms with van der Waals surface area (Å²) in [5, 5.41) is 14.8. The molecule has 2 aliphatic rings. The normalized spacial score (nSPS) is 34.3. The van der Waals surface area contributed by atoms with Crippen LogP contribution in [0.25, 0.3) is 0 Å². The minimum Gasteiger partial charge on any atom is -0.392 e. The quantitative estimate of drug-likeness (QED) is 0.881. The smallest absolute Gasteiger partial charge is 0.0632 e. The minimum atomic E-state index is -0.203. The van der Waals surface area contributed by atoms with E-state index in [1.54, 1.807) is 0 Å². The number of benzene rings is 2. The lowest BCUT2D eigenvalue weighted by Crippen LogP contribution is -2.52. The molecule has 2 aromatic rings. The predicted molar refractivity (Wildman–Crippen MR) is 88.3 cm³/mol. The number of rotatable bonds is 2. The first-order valence-corrected chi connectivity index (χ1v) is 8.38. The molecule has 0 amide bonds. The molecule has 2 bridgehead atoms. The molecule has 1 aliphatic carbocycles. The summed E-state index contributed by atoms with van der Waals surface area (Å²) in [6, 6.07) is 21.7. The fourth-order valence-electron chi connectivity index (χ4n) is 4.42. The third-order valence-corrected chi connectivity index (χ3v) is 5.49. The molecule has 0 spiro atoms. The molecular formula is C20H23NO. The Hall–Kier alpha value is -1.64. The third-order valence-electron chi connectivity index (χ3n) is 5.49. The Morgan fingerprint density at radius 3 is 1.64 bits per heavy atom. The van der Waals surface area contributed by atoms with E-state index in [1.807, 2.05) is 0 Å². The van der Waals surface area contributed by atoms with Crippen LogP contribution in [-0.2, 0) is 0 Å². The summed E-state index contributed by atoms with van der Waals surface area (Å²) < 4.78 is 0. The van der Waals surface area contributed by atoms with Crippen LogP contribution in [0.1, 0.15) is 42.5 Å². The molecule has 1 aliphatic heterocycles. The fourth-order valence-corrected chi connectivity index (χ4v) is 4.42. The number of hydrogen-bond acceptors (Lipinski definition) is 2. The third kappa shape index (κ3) is 2.37. The van der Waals surface area contributed by atoms with Crippen LogP contribution < -0.4 is 5.32 Å². The fraction of sp³-hybridized carbons (Fsp3) is 0.400. The Kier molecular flexibility index (Phi) is 3.73. The summed E-state index contributed by atoms with van der Waals surface area (Å²) in [4.78, 5) is 0. The van der Waals surface area contributed by atoms with Crippen LogP contribution in [0, 0.1) is 11.8 Å². The first kappa shape index (κ1) is 14.0. The Morgan fingerprint density at radius 2 is 1.18 bits per heavy atom. The van der Waals surface area contributed by atoms with E-state index in [0.29, 0.717) is 11.8 Å². The average molecular weight is 293 g/mol. The molecule has 2 fully saturated rings. The number of aliphatic hydroxyl groups is 1. The molecule has 114 valence electrons. The van der Waals surface area contributed by atoms with Gasteiger partial charge in [-0.1, -0.05) is 67.1 Å². The highest BCUT2D eigenvalue weighted by atomic mass is 16.3. The molecule has 1 unspecified atom stereocenters. The van der Waals surface area contributed by atoms with Gasteiger partial charge in [-0.25, -0.2) is 0 Å². The van der Waals surface area contributed by atoms with E-state index < -0.39 is 0 Å². The maximum Gasteiger partial charge on any atom is 0.0632 e. The molecule has 1 saturated heterocycles. The number of fused-ring (bicyclic) bond motifs is 2. The molecule has 2 aromatic carbocycles. The number of nitrogens with one attached hydrogen (secondary N) is 1. The Bertz CT molecular complexity index is 559. The van der Waals surface area contributed by atoms with Gasteiger partial charge in [-0.05, 0) is 24.0 Å². The molecule has 0 radical (unpaired) electrons. The maximum absolute atomic E-state index is 10.9. The molecule has 22 heavy (non-hydrogen) atoms. The van der Waals surface area contributed by atoms with Crippen LogP contribution >= 0.6 is 0 Å². The van der Waals surface area contributed by atoms with Crippen molar-refractivity contribution in [2.75, 3.05) is 0 Å². The van der Waals surface area contributed by atoms with E-state index in [-0.39, 0.29) is 18.2 Å². The van der Waals surface area contributed by atoms with Gasteiger partial charge in [0.25, 0.3) is 0 Å². The molecule has 1 heterocycles. The van der Waals surface area contributed by atoms with Crippen LogP contribution in [0.5, 0.6) is 0 Å². The van der Waals surface area contributed by atoms with E-state index in [9.17, 15) is 5.11 Å². The summed E-state index contributed by atoms with van der Waals surface area (Å²) in [6.07, 6.45) is 3.25. The molecule has 2 nitrogen and oxygen atoms in total. The second kappa shape index (κ2) is 5.86. The van der Waals surface area contributed by atoms with Gasteiger partial charge in [0.15, 0.2) is 0 Å². The highest BCUT2D eigenvalue weighted by molar-refractivity contribution is 5.27. The highest BCUT2D eigenvalue weighted by Gasteiger charge is 2.46. The summed E-state index contributed by atoms with van der Waals surface area (Å²) >= 11 is 0. The van der Waals surface area contributed by atoms with Gasteiger partial charge < -0.3 is 10.4 Å². The van der Waals surface area contributed by atoms with Crippen molar-refractivity contribution >= 4 is 0 Å². The van der Waals surface area contributed by atoms with Crippen molar-refractivity contribution in [2.45, 2.75) is 37.5 Å². The van der Waals surface area contributed by atoms with Crippen LogP contribution in [0.2, 0.25) is 0 Å². The van der Waals surface area contributed by atoms with Gasteiger partial charge in [0.05, 0.1) is 6.10 Å². The van der Waals surface area contributed by atoms with Gasteiger partial charge in [0, 0.05) is 23.9 Å². The summed E-state index contributed by atoms with van der Waals surface area (Å²) in [7, 11) is 0. The van der Waals surface area contributed by atoms with Crippen molar-refractivity contribution in [3.63, 3.8) is 0 Å². The van der Waals surface area contributed by atoms with Gasteiger partial charge in [0.2, 0.25) is 0 Å². The standard InChI is InChI=1S/C20H23NO/c22-20-16-12-7-13-17(20)19(15-10-5-2-6-11-15)21-18(16)14-8-3-1-4-9-14/h1-6,8-11,16-22H,7,12-13H2/t16-,17-,18-,19+,20?/m0/s1. The summed E-state index contributed by atoms with van der Waals surface area (Å²) in [6.45, 7) is 0. The number of hydrogen-bond donors (Lipinski definition) is 2. The van der Waals surface area contributed by atoms with E-state index in [1.165, 1.54) is 17.5 Å².